The number of methoxy groups -OCH3 is 1. The molecule has 8 nitrogen and oxygen atoms in total. The highest BCUT2D eigenvalue weighted by atomic mass is 16.5. The molecule has 0 aromatic heterocycles. The average molecular weight is 396 g/mol. The summed E-state index contributed by atoms with van der Waals surface area (Å²) in [5.74, 6) is 1.56. The van der Waals surface area contributed by atoms with Gasteiger partial charge in [-0.15, -0.1) is 0 Å². The minimum Gasteiger partial charge on any atom is -0.498 e. The van der Waals surface area contributed by atoms with Crippen molar-refractivity contribution >= 4 is 23.3 Å². The number of benzene rings is 2. The maximum Gasteiger partial charge on any atom is 0.319 e. The van der Waals surface area contributed by atoms with Crippen LogP contribution >= 0.6 is 0 Å². The summed E-state index contributed by atoms with van der Waals surface area (Å²) in [4.78, 5) is 23.9. The van der Waals surface area contributed by atoms with E-state index in [0.29, 0.717) is 40.8 Å². The average Bonchev–Trinajstić information content (AvgIpc) is 2.69. The van der Waals surface area contributed by atoms with Crippen molar-refractivity contribution in [1.29, 1.82) is 0 Å². The number of para-hydroxylation sites is 1. The maximum atomic E-state index is 11.9. The minimum atomic E-state index is -0.304. The van der Waals surface area contributed by atoms with Crippen molar-refractivity contribution in [2.24, 2.45) is 0 Å². The lowest BCUT2D eigenvalue weighted by molar-refractivity contribution is -0.125. The van der Waals surface area contributed by atoms with Crippen LogP contribution in [-0.2, 0) is 9.53 Å². The Bertz CT molecular complexity index is 928. The van der Waals surface area contributed by atoms with Crippen LogP contribution in [0.5, 0.6) is 11.5 Å². The van der Waals surface area contributed by atoms with E-state index in [1.807, 2.05) is 37.3 Å². The van der Waals surface area contributed by atoms with Crippen LogP contribution in [0.3, 0.4) is 0 Å². The fraction of sp³-hybridized carbons (Fsp3) is 0.238. The van der Waals surface area contributed by atoms with E-state index < -0.39 is 0 Å². The minimum absolute atomic E-state index is 0.106. The summed E-state index contributed by atoms with van der Waals surface area (Å²) in [6, 6.07) is 14.4. The van der Waals surface area contributed by atoms with Gasteiger partial charge in [0, 0.05) is 24.8 Å². The number of ether oxygens (including phenoxy) is 2. The smallest absolute Gasteiger partial charge is 0.319 e. The first-order chi connectivity index (χ1) is 14.0. The molecule has 0 fully saturated rings. The van der Waals surface area contributed by atoms with Crippen molar-refractivity contribution in [3.05, 3.63) is 59.9 Å². The van der Waals surface area contributed by atoms with Crippen LogP contribution < -0.4 is 20.8 Å². The van der Waals surface area contributed by atoms with E-state index in [2.05, 4.69) is 16.1 Å². The molecule has 1 aliphatic heterocycles. The Morgan fingerprint density at radius 3 is 2.66 bits per heavy atom. The van der Waals surface area contributed by atoms with Crippen LogP contribution in [0.1, 0.15) is 18.9 Å². The lowest BCUT2D eigenvalue weighted by atomic mass is 10.1. The summed E-state index contributed by atoms with van der Waals surface area (Å²) in [6.07, 6.45) is 0.106. The molecular formula is C21H24N4O4. The molecule has 0 spiro atoms. The third kappa shape index (κ3) is 4.78. The summed E-state index contributed by atoms with van der Waals surface area (Å²) in [5, 5.41) is 7.08. The Labute approximate surface area is 169 Å². The number of urea groups is 1. The summed E-state index contributed by atoms with van der Waals surface area (Å²) >= 11 is 0. The Balaban J connectivity index is 2.06. The van der Waals surface area contributed by atoms with Gasteiger partial charge in [-0.25, -0.2) is 4.79 Å². The molecule has 0 unspecified atom stereocenters. The van der Waals surface area contributed by atoms with E-state index in [4.69, 9.17) is 9.47 Å². The molecular weight excluding hydrogens is 372 g/mol. The molecule has 3 N–H and O–H groups in total. The SMILES string of the molecule is CCNC(=O)Nc1ccc(Oc2ccccc2)c(C2=C(OC)CC(=O)NN2C)c1. The van der Waals surface area contributed by atoms with Gasteiger partial charge in [0.1, 0.15) is 23.0 Å². The first-order valence-corrected chi connectivity index (χ1v) is 9.24. The second-order valence-corrected chi connectivity index (χ2v) is 6.36. The van der Waals surface area contributed by atoms with Crippen molar-refractivity contribution in [2.45, 2.75) is 13.3 Å². The molecule has 1 aliphatic rings. The molecule has 2 aromatic rings. The van der Waals surface area contributed by atoms with Crippen LogP contribution in [0.15, 0.2) is 54.3 Å². The van der Waals surface area contributed by atoms with Gasteiger partial charge < -0.3 is 20.1 Å². The van der Waals surface area contributed by atoms with Crippen molar-refractivity contribution < 1.29 is 19.1 Å². The van der Waals surface area contributed by atoms with Crippen LogP contribution in [0.25, 0.3) is 5.70 Å². The molecule has 3 amide bonds. The fourth-order valence-electron chi connectivity index (χ4n) is 3.03. The summed E-state index contributed by atoms with van der Waals surface area (Å²) in [5.41, 5.74) is 4.67. The number of anilines is 1. The molecule has 0 aliphatic carbocycles. The zero-order chi connectivity index (χ0) is 20.8. The molecule has 1 heterocycles. The summed E-state index contributed by atoms with van der Waals surface area (Å²) < 4.78 is 11.6. The summed E-state index contributed by atoms with van der Waals surface area (Å²) in [7, 11) is 3.25. The highest BCUT2D eigenvalue weighted by Gasteiger charge is 2.27. The first-order valence-electron chi connectivity index (χ1n) is 9.24. The molecule has 0 atom stereocenters. The van der Waals surface area contributed by atoms with Gasteiger partial charge in [0.15, 0.2) is 0 Å². The van der Waals surface area contributed by atoms with Crippen molar-refractivity contribution in [2.75, 3.05) is 26.0 Å². The van der Waals surface area contributed by atoms with Gasteiger partial charge in [0.25, 0.3) is 0 Å². The van der Waals surface area contributed by atoms with Gasteiger partial charge in [-0.2, -0.15) is 0 Å². The number of carbonyl (C=O) groups is 2. The predicted molar refractivity (Wildman–Crippen MR) is 110 cm³/mol. The Hall–Kier alpha value is -3.68. The quantitative estimate of drug-likeness (QED) is 0.697. The number of hydrogen-bond donors (Lipinski definition) is 3. The molecule has 0 radical (unpaired) electrons. The number of nitrogens with one attached hydrogen (secondary N) is 3. The monoisotopic (exact) mass is 396 g/mol. The number of amides is 3. The first kappa shape index (κ1) is 20.1. The van der Waals surface area contributed by atoms with Gasteiger partial charge in [-0.3, -0.25) is 15.2 Å². The zero-order valence-electron chi connectivity index (χ0n) is 16.6. The number of hydrazine groups is 1. The lowest BCUT2D eigenvalue weighted by Crippen LogP contribution is -2.42. The molecule has 2 aromatic carbocycles. The van der Waals surface area contributed by atoms with Gasteiger partial charge in [-0.1, -0.05) is 18.2 Å². The molecule has 152 valence electrons. The topological polar surface area (TPSA) is 91.9 Å². The molecule has 8 heteroatoms. The molecule has 0 bridgehead atoms. The fourth-order valence-corrected chi connectivity index (χ4v) is 3.03. The Morgan fingerprint density at radius 1 is 1.21 bits per heavy atom. The van der Waals surface area contributed by atoms with Gasteiger partial charge in [-0.05, 0) is 37.3 Å². The molecule has 3 rings (SSSR count). The van der Waals surface area contributed by atoms with Crippen LogP contribution in [0.2, 0.25) is 0 Å². The molecule has 0 saturated carbocycles. The third-order valence-corrected chi connectivity index (χ3v) is 4.26. The van der Waals surface area contributed by atoms with Crippen LogP contribution in [-0.4, -0.2) is 37.6 Å². The molecule has 29 heavy (non-hydrogen) atoms. The Morgan fingerprint density at radius 2 is 1.97 bits per heavy atom. The maximum absolute atomic E-state index is 11.9. The second-order valence-electron chi connectivity index (χ2n) is 6.36. The number of nitrogens with zero attached hydrogens (tertiary/aromatic N) is 1. The van der Waals surface area contributed by atoms with Crippen LogP contribution in [0, 0.1) is 0 Å². The predicted octanol–water partition coefficient (Wildman–Crippen LogP) is 3.30. The number of hydrogen-bond acceptors (Lipinski definition) is 5. The standard InChI is InChI=1S/C21H24N4O4/c1-4-22-21(27)23-14-10-11-17(29-15-8-6-5-7-9-15)16(12-14)20-18(28-3)13-19(26)24-25(20)2/h5-12H,4,13H2,1-3H3,(H,24,26)(H2,22,23,27). The zero-order valence-corrected chi connectivity index (χ0v) is 16.6. The largest absolute Gasteiger partial charge is 0.498 e. The number of rotatable bonds is 6. The van der Waals surface area contributed by atoms with E-state index in [1.54, 1.807) is 30.3 Å². The highest BCUT2D eigenvalue weighted by molar-refractivity contribution is 5.91. The van der Waals surface area contributed by atoms with Crippen LogP contribution in [0.4, 0.5) is 10.5 Å². The summed E-state index contributed by atoms with van der Waals surface area (Å²) in [6.45, 7) is 2.36. The van der Waals surface area contributed by atoms with Gasteiger partial charge in [0.2, 0.25) is 5.91 Å². The second kappa shape index (κ2) is 9.01. The van der Waals surface area contributed by atoms with E-state index in [0.717, 1.165) is 0 Å². The van der Waals surface area contributed by atoms with Gasteiger partial charge in [0.05, 0.1) is 13.5 Å². The van der Waals surface area contributed by atoms with E-state index >= 15 is 0 Å². The molecule has 0 saturated heterocycles. The lowest BCUT2D eigenvalue weighted by Gasteiger charge is -2.31. The normalized spacial score (nSPS) is 13.6. The third-order valence-electron chi connectivity index (χ3n) is 4.26. The highest BCUT2D eigenvalue weighted by Crippen LogP contribution is 2.37. The number of carbonyl (C=O) groups excluding carboxylic acids is 2. The van der Waals surface area contributed by atoms with E-state index in [9.17, 15) is 9.59 Å². The Kier molecular flexibility index (Phi) is 6.23. The van der Waals surface area contributed by atoms with Gasteiger partial charge >= 0.3 is 6.03 Å². The van der Waals surface area contributed by atoms with E-state index in [-0.39, 0.29) is 18.4 Å². The van der Waals surface area contributed by atoms with E-state index in [1.165, 1.54) is 7.11 Å². The van der Waals surface area contributed by atoms with Crippen molar-refractivity contribution in [1.82, 2.24) is 15.8 Å². The van der Waals surface area contributed by atoms with Crippen molar-refractivity contribution in [3.63, 3.8) is 0 Å². The van der Waals surface area contributed by atoms with Crippen molar-refractivity contribution in [3.8, 4) is 11.5 Å².